The van der Waals surface area contributed by atoms with Gasteiger partial charge in [-0.05, 0) is 59.5 Å². The Morgan fingerprint density at radius 3 is 2.50 bits per heavy atom. The predicted octanol–water partition coefficient (Wildman–Crippen LogP) is 4.28. The summed E-state index contributed by atoms with van der Waals surface area (Å²) in [5.74, 6) is 1.06. The zero-order valence-corrected chi connectivity index (χ0v) is 21.7. The van der Waals surface area contributed by atoms with Crippen molar-refractivity contribution in [2.24, 2.45) is 10.1 Å². The SMILES string of the molecule is CC[C@@H](C)c1ccccc1OCCOc1ccc(/C=C2\C(=N)N3N=C(S(C)(=O)=O)SC3=NC2=O)cc1. The van der Waals surface area contributed by atoms with E-state index in [9.17, 15) is 13.2 Å². The third-order valence-corrected chi connectivity index (χ3v) is 8.19. The molecule has 0 bridgehead atoms. The maximum Gasteiger partial charge on any atom is 0.283 e. The molecule has 0 aliphatic carbocycles. The molecule has 188 valence electrons. The van der Waals surface area contributed by atoms with Gasteiger partial charge < -0.3 is 9.47 Å². The van der Waals surface area contributed by atoms with E-state index in [1.165, 1.54) is 11.6 Å². The second kappa shape index (κ2) is 10.7. The Balaban J connectivity index is 1.37. The highest BCUT2D eigenvalue weighted by atomic mass is 32.3. The molecule has 1 N–H and O–H groups in total. The van der Waals surface area contributed by atoms with Crippen LogP contribution in [0.1, 0.15) is 37.3 Å². The Labute approximate surface area is 214 Å². The Kier molecular flexibility index (Phi) is 7.60. The lowest BCUT2D eigenvalue weighted by Gasteiger charge is -2.20. The average molecular weight is 527 g/mol. The zero-order valence-electron chi connectivity index (χ0n) is 20.1. The van der Waals surface area contributed by atoms with Gasteiger partial charge in [-0.15, -0.1) is 5.10 Å². The predicted molar refractivity (Wildman–Crippen MR) is 142 cm³/mol. The molecule has 0 fully saturated rings. The van der Waals surface area contributed by atoms with E-state index in [4.69, 9.17) is 14.9 Å². The highest BCUT2D eigenvalue weighted by Gasteiger charge is 2.38. The minimum atomic E-state index is -3.58. The number of benzene rings is 2. The van der Waals surface area contributed by atoms with Gasteiger partial charge in [-0.2, -0.15) is 10.0 Å². The Morgan fingerprint density at radius 2 is 1.81 bits per heavy atom. The first-order valence-corrected chi connectivity index (χ1v) is 14.0. The zero-order chi connectivity index (χ0) is 25.9. The van der Waals surface area contributed by atoms with Crippen LogP contribution in [0.3, 0.4) is 0 Å². The molecule has 11 heteroatoms. The number of carbonyl (C=O) groups excluding carboxylic acids is 1. The summed E-state index contributed by atoms with van der Waals surface area (Å²) >= 11 is 0.753. The van der Waals surface area contributed by atoms with Gasteiger partial charge in [-0.3, -0.25) is 10.2 Å². The Bertz CT molecular complexity index is 1380. The highest BCUT2D eigenvalue weighted by Crippen LogP contribution is 2.30. The molecular formula is C25H26N4O5S2. The van der Waals surface area contributed by atoms with Gasteiger partial charge in [-0.1, -0.05) is 44.2 Å². The van der Waals surface area contributed by atoms with Crippen molar-refractivity contribution in [2.45, 2.75) is 26.2 Å². The number of nitrogens with zero attached hydrogens (tertiary/aromatic N) is 3. The van der Waals surface area contributed by atoms with Crippen LogP contribution in [0.15, 0.2) is 64.2 Å². The van der Waals surface area contributed by atoms with Crippen molar-refractivity contribution in [2.75, 3.05) is 19.5 Å². The maximum atomic E-state index is 12.5. The molecular weight excluding hydrogens is 500 g/mol. The van der Waals surface area contributed by atoms with E-state index in [2.05, 4.69) is 30.0 Å². The van der Waals surface area contributed by atoms with E-state index in [1.807, 2.05) is 18.2 Å². The first-order chi connectivity index (χ1) is 17.2. The first kappa shape index (κ1) is 25.6. The number of hydrogen-bond donors (Lipinski definition) is 1. The van der Waals surface area contributed by atoms with E-state index in [0.717, 1.165) is 35.2 Å². The molecule has 2 aromatic rings. The molecule has 1 atom stereocenters. The molecule has 0 aromatic heterocycles. The second-order valence-corrected chi connectivity index (χ2v) is 11.4. The summed E-state index contributed by atoms with van der Waals surface area (Å²) in [6.45, 7) is 5.08. The van der Waals surface area contributed by atoms with Crippen LogP contribution in [0.2, 0.25) is 0 Å². The first-order valence-electron chi connectivity index (χ1n) is 11.3. The van der Waals surface area contributed by atoms with Crippen molar-refractivity contribution in [3.63, 3.8) is 0 Å². The van der Waals surface area contributed by atoms with Gasteiger partial charge in [-0.25, -0.2) is 8.42 Å². The minimum absolute atomic E-state index is 0.0138. The van der Waals surface area contributed by atoms with Crippen LogP contribution in [0.25, 0.3) is 6.08 Å². The number of thioether (sulfide) groups is 1. The third-order valence-electron chi connectivity index (χ3n) is 5.62. The fourth-order valence-corrected chi connectivity index (χ4v) is 5.19. The quantitative estimate of drug-likeness (QED) is 0.402. The van der Waals surface area contributed by atoms with Gasteiger partial charge in [0.15, 0.2) is 5.84 Å². The van der Waals surface area contributed by atoms with E-state index < -0.39 is 15.7 Å². The molecule has 2 aromatic carbocycles. The van der Waals surface area contributed by atoms with Gasteiger partial charge in [0, 0.05) is 6.26 Å². The number of hydrazone groups is 1. The maximum absolute atomic E-state index is 12.5. The fraction of sp³-hybridized carbons (Fsp3) is 0.280. The van der Waals surface area contributed by atoms with Gasteiger partial charge in [0.05, 0.1) is 5.57 Å². The van der Waals surface area contributed by atoms with Gasteiger partial charge in [0.25, 0.3) is 5.91 Å². The Morgan fingerprint density at radius 1 is 1.11 bits per heavy atom. The van der Waals surface area contributed by atoms with Crippen molar-refractivity contribution in [3.8, 4) is 11.5 Å². The number of amides is 1. The van der Waals surface area contributed by atoms with Crippen molar-refractivity contribution in [3.05, 3.63) is 65.2 Å². The van der Waals surface area contributed by atoms with Crippen molar-refractivity contribution < 1.29 is 22.7 Å². The molecule has 0 unspecified atom stereocenters. The van der Waals surface area contributed by atoms with Crippen LogP contribution in [-0.4, -0.2) is 54.2 Å². The summed E-state index contributed by atoms with van der Waals surface area (Å²) in [4.78, 5) is 16.4. The van der Waals surface area contributed by atoms with E-state index in [1.54, 1.807) is 24.3 Å². The number of nitrogens with one attached hydrogen (secondary N) is 1. The number of amidine groups is 2. The minimum Gasteiger partial charge on any atom is -0.490 e. The van der Waals surface area contributed by atoms with Crippen LogP contribution < -0.4 is 9.47 Å². The fourth-order valence-electron chi connectivity index (χ4n) is 3.50. The van der Waals surface area contributed by atoms with Crippen molar-refractivity contribution >= 4 is 49.0 Å². The monoisotopic (exact) mass is 526 g/mol. The van der Waals surface area contributed by atoms with Crippen molar-refractivity contribution in [1.29, 1.82) is 5.41 Å². The highest BCUT2D eigenvalue weighted by molar-refractivity contribution is 8.42. The van der Waals surface area contributed by atoms with Crippen LogP contribution in [0, 0.1) is 5.41 Å². The Hall–Kier alpha value is -3.44. The number of hydrogen-bond acceptors (Lipinski definition) is 8. The number of fused-ring (bicyclic) bond motifs is 1. The van der Waals surface area contributed by atoms with Gasteiger partial charge >= 0.3 is 0 Å². The number of aliphatic imine (C=N–C) groups is 1. The van der Waals surface area contributed by atoms with Crippen LogP contribution in [0.5, 0.6) is 11.5 Å². The molecule has 9 nitrogen and oxygen atoms in total. The number of sulfone groups is 1. The number of carbonyl (C=O) groups is 1. The third kappa shape index (κ3) is 5.68. The standard InChI is InChI=1S/C25H26N4O5S2/c1-4-16(2)19-7-5-6-8-21(19)34-14-13-33-18-11-9-17(10-12-18)15-20-22(26)29-24(27-23(20)30)35-25(28-29)36(3,31)32/h5-12,15-16,26H,4,13-14H2,1-3H3/b20-15+,26-22?/t16-/m1/s1. The van der Waals surface area contributed by atoms with Crippen molar-refractivity contribution in [1.82, 2.24) is 5.01 Å². The second-order valence-electron chi connectivity index (χ2n) is 8.27. The van der Waals surface area contributed by atoms with E-state index in [0.29, 0.717) is 30.4 Å². The number of para-hydroxylation sites is 1. The molecule has 0 saturated heterocycles. The molecule has 2 aliphatic heterocycles. The van der Waals surface area contributed by atoms with Crippen LogP contribution in [-0.2, 0) is 14.6 Å². The van der Waals surface area contributed by atoms with E-state index >= 15 is 0 Å². The van der Waals surface area contributed by atoms with Gasteiger partial charge in [0.1, 0.15) is 24.7 Å². The average Bonchev–Trinajstić information content (AvgIpc) is 3.30. The summed E-state index contributed by atoms with van der Waals surface area (Å²) in [5.41, 5.74) is 1.86. The molecule has 36 heavy (non-hydrogen) atoms. The molecule has 4 rings (SSSR count). The molecule has 0 spiro atoms. The summed E-state index contributed by atoms with van der Waals surface area (Å²) in [5, 5.41) is 13.4. The number of ether oxygens (including phenoxy) is 2. The molecule has 0 radical (unpaired) electrons. The molecule has 1 amide bonds. The lowest BCUT2D eigenvalue weighted by atomic mass is 9.98. The van der Waals surface area contributed by atoms with Gasteiger partial charge in [0.2, 0.25) is 19.4 Å². The topological polar surface area (TPSA) is 121 Å². The summed E-state index contributed by atoms with van der Waals surface area (Å²) < 4.78 is 35.0. The lowest BCUT2D eigenvalue weighted by molar-refractivity contribution is -0.114. The molecule has 2 aliphatic rings. The van der Waals surface area contributed by atoms with Crippen LogP contribution in [0.4, 0.5) is 0 Å². The summed E-state index contributed by atoms with van der Waals surface area (Å²) in [6, 6.07) is 15.1. The van der Waals surface area contributed by atoms with E-state index in [-0.39, 0.29) is 21.0 Å². The normalized spacial score (nSPS) is 17.5. The molecule has 0 saturated carbocycles. The summed E-state index contributed by atoms with van der Waals surface area (Å²) in [6.07, 6.45) is 3.56. The lowest BCUT2D eigenvalue weighted by Crippen LogP contribution is -2.35. The largest absolute Gasteiger partial charge is 0.490 e. The smallest absolute Gasteiger partial charge is 0.283 e. The van der Waals surface area contributed by atoms with Crippen LogP contribution >= 0.6 is 11.8 Å². The summed E-state index contributed by atoms with van der Waals surface area (Å²) in [7, 11) is -3.58. The molecule has 2 heterocycles. The number of rotatable bonds is 8.